The zero-order valence-corrected chi connectivity index (χ0v) is 10.9. The summed E-state index contributed by atoms with van der Waals surface area (Å²) in [6.45, 7) is 5.92. The molecule has 15 heavy (non-hydrogen) atoms. The molecule has 0 amide bonds. The molecule has 1 saturated carbocycles. The predicted octanol–water partition coefficient (Wildman–Crippen LogP) is 2.49. The maximum Gasteiger partial charge on any atom is 0.00921 e. The van der Waals surface area contributed by atoms with Crippen LogP contribution in [-0.4, -0.2) is 37.6 Å². The lowest BCUT2D eigenvalue weighted by Crippen LogP contribution is -2.31. The molecule has 0 aliphatic heterocycles. The van der Waals surface area contributed by atoms with Gasteiger partial charge in [0.25, 0.3) is 0 Å². The molecule has 0 aromatic rings. The lowest BCUT2D eigenvalue weighted by molar-refractivity contribution is 0.229. The van der Waals surface area contributed by atoms with Gasteiger partial charge in [-0.2, -0.15) is 0 Å². The minimum Gasteiger partial charge on any atom is -0.317 e. The Morgan fingerprint density at radius 1 is 1.27 bits per heavy atom. The van der Waals surface area contributed by atoms with Crippen LogP contribution in [0.5, 0.6) is 0 Å². The van der Waals surface area contributed by atoms with E-state index < -0.39 is 0 Å². The van der Waals surface area contributed by atoms with Crippen molar-refractivity contribution in [3.63, 3.8) is 0 Å². The summed E-state index contributed by atoms with van der Waals surface area (Å²) in [4.78, 5) is 2.54. The summed E-state index contributed by atoms with van der Waals surface area (Å²) < 4.78 is 0. The zero-order chi connectivity index (χ0) is 11.3. The van der Waals surface area contributed by atoms with Crippen LogP contribution in [0.1, 0.15) is 46.0 Å². The maximum absolute atomic E-state index is 3.29. The molecule has 0 aromatic heterocycles. The molecule has 0 aromatic carbocycles. The van der Waals surface area contributed by atoms with Gasteiger partial charge in [-0.15, -0.1) is 0 Å². The van der Waals surface area contributed by atoms with Gasteiger partial charge < -0.3 is 10.2 Å². The monoisotopic (exact) mass is 212 g/mol. The van der Waals surface area contributed by atoms with Crippen LogP contribution >= 0.6 is 0 Å². The minimum absolute atomic E-state index is 0.677. The fourth-order valence-corrected chi connectivity index (χ4v) is 2.10. The van der Waals surface area contributed by atoms with E-state index in [4.69, 9.17) is 0 Å². The highest BCUT2D eigenvalue weighted by molar-refractivity contribution is 4.83. The molecule has 0 heterocycles. The van der Waals surface area contributed by atoms with Gasteiger partial charge in [-0.25, -0.2) is 0 Å². The fraction of sp³-hybridized carbons (Fsp3) is 1.00. The van der Waals surface area contributed by atoms with Crippen LogP contribution < -0.4 is 5.32 Å². The molecular weight excluding hydrogens is 184 g/mol. The average molecular weight is 212 g/mol. The molecule has 2 heteroatoms. The smallest absolute Gasteiger partial charge is 0.00921 e. The number of hydrogen-bond donors (Lipinski definition) is 1. The summed E-state index contributed by atoms with van der Waals surface area (Å²) in [6.07, 6.45) is 6.93. The predicted molar refractivity (Wildman–Crippen MR) is 67.2 cm³/mol. The highest BCUT2D eigenvalue weighted by Gasteiger charge is 2.29. The second-order valence-electron chi connectivity index (χ2n) is 5.24. The van der Waals surface area contributed by atoms with Crippen LogP contribution in [0, 0.1) is 5.92 Å². The normalized spacial score (nSPS) is 20.6. The molecule has 1 aliphatic rings. The number of hydrogen-bond acceptors (Lipinski definition) is 2. The fourth-order valence-electron chi connectivity index (χ4n) is 2.10. The van der Waals surface area contributed by atoms with E-state index in [0.717, 1.165) is 12.0 Å². The van der Waals surface area contributed by atoms with Gasteiger partial charge in [0.05, 0.1) is 0 Å². The molecule has 2 nitrogen and oxygen atoms in total. The van der Waals surface area contributed by atoms with Gasteiger partial charge in [0.1, 0.15) is 0 Å². The summed E-state index contributed by atoms with van der Waals surface area (Å²) in [6, 6.07) is 1.49. The second-order valence-corrected chi connectivity index (χ2v) is 5.24. The van der Waals surface area contributed by atoms with Gasteiger partial charge >= 0.3 is 0 Å². The van der Waals surface area contributed by atoms with E-state index in [9.17, 15) is 0 Å². The van der Waals surface area contributed by atoms with Gasteiger partial charge in [-0.1, -0.05) is 6.42 Å². The SMILES string of the molecule is CNC(C)CCCCN(C)C(C)C1CC1. The molecule has 1 N–H and O–H groups in total. The van der Waals surface area contributed by atoms with Gasteiger partial charge in [0.2, 0.25) is 0 Å². The zero-order valence-electron chi connectivity index (χ0n) is 10.9. The summed E-state index contributed by atoms with van der Waals surface area (Å²) in [5.41, 5.74) is 0. The van der Waals surface area contributed by atoms with E-state index >= 15 is 0 Å². The number of nitrogens with zero attached hydrogens (tertiary/aromatic N) is 1. The van der Waals surface area contributed by atoms with Crippen molar-refractivity contribution in [2.45, 2.75) is 58.0 Å². The van der Waals surface area contributed by atoms with Gasteiger partial charge in [0, 0.05) is 12.1 Å². The Kier molecular flexibility index (Phi) is 5.62. The van der Waals surface area contributed by atoms with Crippen LogP contribution in [0.2, 0.25) is 0 Å². The van der Waals surface area contributed by atoms with Crippen molar-refractivity contribution in [3.05, 3.63) is 0 Å². The Bertz CT molecular complexity index is 166. The quantitative estimate of drug-likeness (QED) is 0.622. The summed E-state index contributed by atoms with van der Waals surface area (Å²) in [5.74, 6) is 1.01. The first-order chi connectivity index (χ1) is 7.15. The molecule has 2 unspecified atom stereocenters. The Morgan fingerprint density at radius 3 is 2.47 bits per heavy atom. The Labute approximate surface area is 95.4 Å². The Morgan fingerprint density at radius 2 is 1.93 bits per heavy atom. The van der Waals surface area contributed by atoms with Crippen LogP contribution in [0.25, 0.3) is 0 Å². The van der Waals surface area contributed by atoms with Gasteiger partial charge in [0.15, 0.2) is 0 Å². The standard InChI is InChI=1S/C13H28N2/c1-11(14-3)7-5-6-10-15(4)12(2)13-8-9-13/h11-14H,5-10H2,1-4H3. The van der Waals surface area contributed by atoms with Crippen LogP contribution in [0.3, 0.4) is 0 Å². The number of unbranched alkanes of at least 4 members (excludes halogenated alkanes) is 1. The molecule has 90 valence electrons. The molecule has 0 saturated heterocycles. The third-order valence-electron chi connectivity index (χ3n) is 3.89. The first kappa shape index (κ1) is 13.0. The lowest BCUT2D eigenvalue weighted by Gasteiger charge is -2.24. The topological polar surface area (TPSA) is 15.3 Å². The van der Waals surface area contributed by atoms with Crippen molar-refractivity contribution in [3.8, 4) is 0 Å². The molecular formula is C13H28N2. The molecule has 1 rings (SSSR count). The van der Waals surface area contributed by atoms with E-state index in [-0.39, 0.29) is 0 Å². The molecule has 0 radical (unpaired) electrons. The van der Waals surface area contributed by atoms with E-state index in [1.54, 1.807) is 0 Å². The van der Waals surface area contributed by atoms with E-state index in [0.29, 0.717) is 6.04 Å². The van der Waals surface area contributed by atoms with Crippen LogP contribution in [0.15, 0.2) is 0 Å². The van der Waals surface area contributed by atoms with Crippen molar-refractivity contribution >= 4 is 0 Å². The molecule has 0 bridgehead atoms. The molecule has 2 atom stereocenters. The first-order valence-electron chi connectivity index (χ1n) is 6.52. The maximum atomic E-state index is 3.29. The van der Waals surface area contributed by atoms with E-state index in [1.165, 1.54) is 38.6 Å². The van der Waals surface area contributed by atoms with Crippen molar-refractivity contribution in [2.75, 3.05) is 20.6 Å². The average Bonchev–Trinajstić information content (AvgIpc) is 3.06. The summed E-state index contributed by atoms with van der Waals surface area (Å²) >= 11 is 0. The van der Waals surface area contributed by atoms with E-state index in [2.05, 4.69) is 31.1 Å². The van der Waals surface area contributed by atoms with Crippen molar-refractivity contribution in [2.24, 2.45) is 5.92 Å². The van der Waals surface area contributed by atoms with Gasteiger partial charge in [-0.05, 0) is 66.1 Å². The van der Waals surface area contributed by atoms with Gasteiger partial charge in [-0.3, -0.25) is 0 Å². The second kappa shape index (κ2) is 6.49. The summed E-state index contributed by atoms with van der Waals surface area (Å²) in [5, 5.41) is 3.29. The minimum atomic E-state index is 0.677. The summed E-state index contributed by atoms with van der Waals surface area (Å²) in [7, 11) is 4.33. The van der Waals surface area contributed by atoms with Crippen LogP contribution in [0.4, 0.5) is 0 Å². The van der Waals surface area contributed by atoms with Crippen molar-refractivity contribution in [1.82, 2.24) is 10.2 Å². The van der Waals surface area contributed by atoms with Crippen LogP contribution in [-0.2, 0) is 0 Å². The first-order valence-corrected chi connectivity index (χ1v) is 6.52. The lowest BCUT2D eigenvalue weighted by atomic mass is 10.1. The highest BCUT2D eigenvalue weighted by atomic mass is 15.1. The van der Waals surface area contributed by atoms with Crippen molar-refractivity contribution < 1.29 is 0 Å². The highest BCUT2D eigenvalue weighted by Crippen LogP contribution is 2.34. The van der Waals surface area contributed by atoms with Crippen molar-refractivity contribution in [1.29, 1.82) is 0 Å². The van der Waals surface area contributed by atoms with E-state index in [1.807, 2.05) is 7.05 Å². The number of rotatable bonds is 8. The Balaban J connectivity index is 1.98. The third-order valence-corrected chi connectivity index (χ3v) is 3.89. The molecule has 0 spiro atoms. The number of nitrogens with one attached hydrogen (secondary N) is 1. The largest absolute Gasteiger partial charge is 0.317 e. The molecule has 1 fully saturated rings. The molecule has 1 aliphatic carbocycles. The third kappa shape index (κ3) is 4.98. The Hall–Kier alpha value is -0.0800.